The van der Waals surface area contributed by atoms with Gasteiger partial charge in [-0.15, -0.1) is 0 Å². The maximum atomic E-state index is 5.70. The molecule has 2 fully saturated rings. The molecule has 0 N–H and O–H groups in total. The molecular weight excluding hydrogens is 328 g/mol. The molecule has 6 nitrogen and oxygen atoms in total. The molecule has 2 heterocycles. The van der Waals surface area contributed by atoms with Crippen LogP contribution in [0.4, 0.5) is 0 Å². The Morgan fingerprint density at radius 3 is 1.35 bits per heavy atom. The minimum atomic E-state index is 0.706. The summed E-state index contributed by atoms with van der Waals surface area (Å²) in [4.78, 5) is 9.86. The molecule has 0 aromatic heterocycles. The minimum absolute atomic E-state index is 0.706. The molecule has 2 aliphatic heterocycles. The lowest BCUT2D eigenvalue weighted by Crippen LogP contribution is -2.33. The van der Waals surface area contributed by atoms with E-state index >= 15 is 0 Å². The number of likely N-dealkylation sites (N-methyl/N-ethyl adjacent to an activating group) is 2. The van der Waals surface area contributed by atoms with Crippen molar-refractivity contribution in [2.75, 3.05) is 106 Å². The summed E-state index contributed by atoms with van der Waals surface area (Å²) in [5.41, 5.74) is 0. The fourth-order valence-electron chi connectivity index (χ4n) is 3.62. The van der Waals surface area contributed by atoms with Crippen molar-refractivity contribution in [3.8, 4) is 0 Å². The Labute approximate surface area is 161 Å². The quantitative estimate of drug-likeness (QED) is 0.401. The summed E-state index contributed by atoms with van der Waals surface area (Å²) in [5, 5.41) is 0. The lowest BCUT2D eigenvalue weighted by molar-refractivity contribution is 0.0341. The monoisotopic (exact) mass is 370 g/mol. The second kappa shape index (κ2) is 13.9. The van der Waals surface area contributed by atoms with Gasteiger partial charge in [-0.1, -0.05) is 0 Å². The topological polar surface area (TPSA) is 31.4 Å². The van der Waals surface area contributed by atoms with Gasteiger partial charge in [0.25, 0.3) is 0 Å². The van der Waals surface area contributed by atoms with Crippen molar-refractivity contribution < 1.29 is 9.47 Å². The van der Waals surface area contributed by atoms with Gasteiger partial charge in [0.1, 0.15) is 0 Å². The first-order valence-corrected chi connectivity index (χ1v) is 10.7. The number of likely N-dealkylation sites (tertiary alicyclic amines) is 2. The van der Waals surface area contributed by atoms with Gasteiger partial charge in [-0.3, -0.25) is 0 Å². The van der Waals surface area contributed by atoms with Crippen LogP contribution in [0.25, 0.3) is 0 Å². The molecule has 26 heavy (non-hydrogen) atoms. The summed E-state index contributed by atoms with van der Waals surface area (Å²) in [5.74, 6) is 0. The molecule has 0 amide bonds. The highest BCUT2D eigenvalue weighted by molar-refractivity contribution is 4.68. The highest BCUT2D eigenvalue weighted by atomic mass is 16.5. The van der Waals surface area contributed by atoms with Crippen molar-refractivity contribution in [2.45, 2.75) is 25.7 Å². The Hall–Kier alpha value is -0.240. The van der Waals surface area contributed by atoms with E-state index in [1.807, 2.05) is 0 Å². The summed E-state index contributed by atoms with van der Waals surface area (Å²) in [7, 11) is 4.38. The predicted molar refractivity (Wildman–Crippen MR) is 108 cm³/mol. The van der Waals surface area contributed by atoms with Gasteiger partial charge < -0.3 is 29.1 Å². The van der Waals surface area contributed by atoms with Gasteiger partial charge in [-0.05, 0) is 66.0 Å². The molecular formula is C20H42N4O2. The van der Waals surface area contributed by atoms with Crippen LogP contribution in [0.2, 0.25) is 0 Å². The Kier molecular flexibility index (Phi) is 11.8. The molecule has 2 saturated heterocycles. The van der Waals surface area contributed by atoms with Crippen molar-refractivity contribution in [1.29, 1.82) is 0 Å². The summed E-state index contributed by atoms with van der Waals surface area (Å²) >= 11 is 0. The molecule has 0 bridgehead atoms. The fourth-order valence-corrected chi connectivity index (χ4v) is 3.62. The van der Waals surface area contributed by atoms with E-state index in [0.717, 1.165) is 39.4 Å². The molecule has 2 rings (SSSR count). The van der Waals surface area contributed by atoms with Gasteiger partial charge in [0.05, 0.1) is 26.4 Å². The van der Waals surface area contributed by atoms with E-state index in [4.69, 9.17) is 9.47 Å². The van der Waals surface area contributed by atoms with Crippen LogP contribution >= 0.6 is 0 Å². The molecule has 6 heteroatoms. The van der Waals surface area contributed by atoms with Gasteiger partial charge in [-0.25, -0.2) is 0 Å². The van der Waals surface area contributed by atoms with E-state index in [9.17, 15) is 0 Å². The molecule has 0 atom stereocenters. The van der Waals surface area contributed by atoms with Crippen LogP contribution in [0, 0.1) is 0 Å². The first-order valence-electron chi connectivity index (χ1n) is 10.7. The smallest absolute Gasteiger partial charge is 0.0701 e. The number of ether oxygens (including phenoxy) is 2. The highest BCUT2D eigenvalue weighted by Crippen LogP contribution is 2.07. The summed E-state index contributed by atoms with van der Waals surface area (Å²) in [6.07, 6.45) is 5.50. The van der Waals surface area contributed by atoms with Gasteiger partial charge in [0, 0.05) is 39.3 Å². The van der Waals surface area contributed by atoms with E-state index in [1.165, 1.54) is 65.0 Å². The van der Waals surface area contributed by atoms with Gasteiger partial charge in [-0.2, -0.15) is 0 Å². The van der Waals surface area contributed by atoms with Crippen molar-refractivity contribution in [1.82, 2.24) is 19.6 Å². The summed E-state index contributed by atoms with van der Waals surface area (Å²) < 4.78 is 11.4. The molecule has 0 radical (unpaired) electrons. The number of hydrogen-bond donors (Lipinski definition) is 0. The minimum Gasteiger partial charge on any atom is -0.378 e. The average molecular weight is 371 g/mol. The molecule has 0 aliphatic carbocycles. The van der Waals surface area contributed by atoms with Gasteiger partial charge in [0.2, 0.25) is 0 Å². The first-order chi connectivity index (χ1) is 12.7. The second-order valence-corrected chi connectivity index (χ2v) is 7.93. The third-order valence-corrected chi connectivity index (χ3v) is 5.60. The third kappa shape index (κ3) is 10.2. The van der Waals surface area contributed by atoms with Crippen LogP contribution in [-0.2, 0) is 9.47 Å². The molecule has 0 spiro atoms. The van der Waals surface area contributed by atoms with Crippen LogP contribution in [0.15, 0.2) is 0 Å². The maximum Gasteiger partial charge on any atom is 0.0701 e. The van der Waals surface area contributed by atoms with E-state index in [-0.39, 0.29) is 0 Å². The zero-order valence-corrected chi connectivity index (χ0v) is 17.3. The number of rotatable bonds is 15. The lowest BCUT2D eigenvalue weighted by Gasteiger charge is -2.21. The molecule has 154 valence electrons. The molecule has 0 saturated carbocycles. The van der Waals surface area contributed by atoms with E-state index in [1.54, 1.807) is 0 Å². The lowest BCUT2D eigenvalue weighted by atomic mass is 10.4. The standard InChI is InChI=1S/C20H42N4O2/c1-21(11-13-23-7-3-4-8-23)15-17-25-19-20-26-18-16-22(2)12-14-24-9-5-6-10-24/h3-20H2,1-2H3. The second-order valence-electron chi connectivity index (χ2n) is 7.93. The fraction of sp³-hybridized carbons (Fsp3) is 1.00. The molecule has 0 aromatic rings. The molecule has 2 aliphatic rings. The Morgan fingerprint density at radius 2 is 0.962 bits per heavy atom. The normalized spacial score (nSPS) is 19.4. The van der Waals surface area contributed by atoms with E-state index < -0.39 is 0 Å². The Bertz CT molecular complexity index is 302. The van der Waals surface area contributed by atoms with Crippen molar-refractivity contribution >= 4 is 0 Å². The maximum absolute atomic E-state index is 5.70. The van der Waals surface area contributed by atoms with Crippen LogP contribution in [0.5, 0.6) is 0 Å². The van der Waals surface area contributed by atoms with Gasteiger partial charge in [0.15, 0.2) is 0 Å². The Morgan fingerprint density at radius 1 is 0.577 bits per heavy atom. The van der Waals surface area contributed by atoms with Crippen LogP contribution in [-0.4, -0.2) is 126 Å². The third-order valence-electron chi connectivity index (χ3n) is 5.60. The van der Waals surface area contributed by atoms with Crippen molar-refractivity contribution in [3.63, 3.8) is 0 Å². The van der Waals surface area contributed by atoms with Crippen LogP contribution in [0.1, 0.15) is 25.7 Å². The largest absolute Gasteiger partial charge is 0.378 e. The first kappa shape index (κ1) is 22.1. The van der Waals surface area contributed by atoms with Crippen molar-refractivity contribution in [2.24, 2.45) is 0 Å². The van der Waals surface area contributed by atoms with Crippen LogP contribution in [0.3, 0.4) is 0 Å². The van der Waals surface area contributed by atoms with Crippen molar-refractivity contribution in [3.05, 3.63) is 0 Å². The SMILES string of the molecule is CN(CCOCCOCCN(C)CCN1CCCC1)CCN1CCCC1. The predicted octanol–water partition coefficient (Wildman–Crippen LogP) is 1.07. The summed E-state index contributed by atoms with van der Waals surface area (Å²) in [6, 6.07) is 0. The zero-order valence-electron chi connectivity index (χ0n) is 17.3. The molecule has 0 aromatic carbocycles. The molecule has 0 unspecified atom stereocenters. The Balaban J connectivity index is 1.31. The van der Waals surface area contributed by atoms with E-state index in [0.29, 0.717) is 13.2 Å². The van der Waals surface area contributed by atoms with Gasteiger partial charge >= 0.3 is 0 Å². The van der Waals surface area contributed by atoms with Crippen LogP contribution < -0.4 is 0 Å². The zero-order chi connectivity index (χ0) is 18.5. The number of nitrogens with zero attached hydrogens (tertiary/aromatic N) is 4. The summed E-state index contributed by atoms with van der Waals surface area (Å²) in [6.45, 7) is 14.9. The average Bonchev–Trinajstić information content (AvgIpc) is 3.34. The number of hydrogen-bond acceptors (Lipinski definition) is 6. The van der Waals surface area contributed by atoms with E-state index in [2.05, 4.69) is 33.7 Å². The highest BCUT2D eigenvalue weighted by Gasteiger charge is 2.12.